The van der Waals surface area contributed by atoms with Gasteiger partial charge in [0.05, 0.1) is 0 Å². The summed E-state index contributed by atoms with van der Waals surface area (Å²) in [6.07, 6.45) is 0.881. The molecule has 0 spiro atoms. The molecule has 0 bridgehead atoms. The van der Waals surface area contributed by atoms with Gasteiger partial charge in [0.1, 0.15) is 5.60 Å². The molecular formula is C13H26N2O2. The molecule has 1 aliphatic rings. The summed E-state index contributed by atoms with van der Waals surface area (Å²) in [4.78, 5) is 13.8. The van der Waals surface area contributed by atoms with Gasteiger partial charge in [0.2, 0.25) is 0 Å². The minimum Gasteiger partial charge on any atom is -0.444 e. The van der Waals surface area contributed by atoms with Crippen molar-refractivity contribution in [1.29, 1.82) is 0 Å². The van der Waals surface area contributed by atoms with E-state index in [0.717, 1.165) is 19.5 Å². The van der Waals surface area contributed by atoms with Crippen molar-refractivity contribution in [3.63, 3.8) is 0 Å². The molecule has 3 atom stereocenters. The summed E-state index contributed by atoms with van der Waals surface area (Å²) in [5.74, 6) is 0.874. The van der Waals surface area contributed by atoms with Gasteiger partial charge in [-0.2, -0.15) is 0 Å². The number of ether oxygens (including phenoxy) is 1. The number of carbonyl (C=O) groups excluding carboxylic acids is 1. The Morgan fingerprint density at radius 3 is 2.47 bits per heavy atom. The summed E-state index contributed by atoms with van der Waals surface area (Å²) >= 11 is 0. The SMILES string of the molecule is CC1CC(C(C)N)CN(C(=O)OC(C)(C)C)C1. The average Bonchev–Trinajstić information content (AvgIpc) is 2.13. The van der Waals surface area contributed by atoms with Crippen molar-refractivity contribution in [2.24, 2.45) is 17.6 Å². The highest BCUT2D eigenvalue weighted by Gasteiger charge is 2.32. The zero-order valence-corrected chi connectivity index (χ0v) is 11.7. The maximum absolute atomic E-state index is 12.0. The molecule has 4 heteroatoms. The standard InChI is InChI=1S/C13H26N2O2/c1-9-6-11(10(2)14)8-15(7-9)12(16)17-13(3,4)5/h9-11H,6-8,14H2,1-5H3. The van der Waals surface area contributed by atoms with Crippen LogP contribution in [-0.2, 0) is 4.74 Å². The van der Waals surface area contributed by atoms with Gasteiger partial charge >= 0.3 is 6.09 Å². The summed E-state index contributed by atoms with van der Waals surface area (Å²) in [5.41, 5.74) is 5.51. The quantitative estimate of drug-likeness (QED) is 0.767. The number of hydrogen-bond acceptors (Lipinski definition) is 3. The summed E-state index contributed by atoms with van der Waals surface area (Å²) in [5, 5.41) is 0. The summed E-state index contributed by atoms with van der Waals surface area (Å²) in [6, 6.07) is 0.127. The van der Waals surface area contributed by atoms with E-state index in [2.05, 4.69) is 6.92 Å². The highest BCUT2D eigenvalue weighted by atomic mass is 16.6. The molecule has 0 aromatic heterocycles. The van der Waals surface area contributed by atoms with E-state index in [1.165, 1.54) is 0 Å². The van der Waals surface area contributed by atoms with E-state index in [9.17, 15) is 4.79 Å². The van der Waals surface area contributed by atoms with Gasteiger partial charge in [-0.05, 0) is 46.0 Å². The van der Waals surface area contributed by atoms with Crippen molar-refractivity contribution in [2.75, 3.05) is 13.1 Å². The minimum atomic E-state index is -0.429. The zero-order chi connectivity index (χ0) is 13.2. The lowest BCUT2D eigenvalue weighted by Gasteiger charge is -2.38. The number of amides is 1. The number of nitrogens with two attached hydrogens (primary N) is 1. The van der Waals surface area contributed by atoms with Crippen LogP contribution in [0.2, 0.25) is 0 Å². The van der Waals surface area contributed by atoms with Gasteiger partial charge in [-0.1, -0.05) is 6.92 Å². The second kappa shape index (κ2) is 5.25. The molecule has 0 radical (unpaired) electrons. The topological polar surface area (TPSA) is 55.6 Å². The Morgan fingerprint density at radius 1 is 1.41 bits per heavy atom. The van der Waals surface area contributed by atoms with E-state index in [0.29, 0.717) is 11.8 Å². The van der Waals surface area contributed by atoms with E-state index >= 15 is 0 Å². The van der Waals surface area contributed by atoms with Crippen molar-refractivity contribution in [2.45, 2.75) is 52.7 Å². The molecule has 1 heterocycles. The summed E-state index contributed by atoms with van der Waals surface area (Å²) in [6.45, 7) is 11.3. The second-order valence-electron chi connectivity index (χ2n) is 6.35. The molecule has 100 valence electrons. The van der Waals surface area contributed by atoms with Crippen molar-refractivity contribution in [3.8, 4) is 0 Å². The molecule has 1 aliphatic heterocycles. The second-order valence-corrected chi connectivity index (χ2v) is 6.35. The third kappa shape index (κ3) is 4.54. The lowest BCUT2D eigenvalue weighted by molar-refractivity contribution is 0.00951. The third-order valence-corrected chi connectivity index (χ3v) is 3.09. The molecule has 1 fully saturated rings. The summed E-state index contributed by atoms with van der Waals surface area (Å²) < 4.78 is 5.40. The van der Waals surface area contributed by atoms with Crippen molar-refractivity contribution < 1.29 is 9.53 Å². The molecule has 1 rings (SSSR count). The first-order valence-corrected chi connectivity index (χ1v) is 6.42. The summed E-state index contributed by atoms with van der Waals surface area (Å²) in [7, 11) is 0. The van der Waals surface area contributed by atoms with E-state index in [4.69, 9.17) is 10.5 Å². The van der Waals surface area contributed by atoms with Gasteiger partial charge in [0.15, 0.2) is 0 Å². The molecule has 3 unspecified atom stereocenters. The van der Waals surface area contributed by atoms with Crippen LogP contribution in [-0.4, -0.2) is 35.7 Å². The number of likely N-dealkylation sites (tertiary alicyclic amines) is 1. The molecule has 0 aromatic carbocycles. The molecule has 17 heavy (non-hydrogen) atoms. The van der Waals surface area contributed by atoms with Gasteiger partial charge < -0.3 is 15.4 Å². The van der Waals surface area contributed by atoms with Gasteiger partial charge in [-0.3, -0.25) is 0 Å². The Morgan fingerprint density at radius 2 is 2.00 bits per heavy atom. The molecule has 4 nitrogen and oxygen atoms in total. The normalized spacial score (nSPS) is 27.8. The molecule has 0 aromatic rings. The maximum atomic E-state index is 12.0. The molecular weight excluding hydrogens is 216 g/mol. The lowest BCUT2D eigenvalue weighted by Crippen LogP contribution is -2.49. The lowest BCUT2D eigenvalue weighted by atomic mass is 9.86. The molecule has 0 aliphatic carbocycles. The third-order valence-electron chi connectivity index (χ3n) is 3.09. The fourth-order valence-corrected chi connectivity index (χ4v) is 2.26. The van der Waals surface area contributed by atoms with Crippen molar-refractivity contribution in [3.05, 3.63) is 0 Å². The van der Waals surface area contributed by atoms with Crippen LogP contribution in [0.15, 0.2) is 0 Å². The number of nitrogens with zero attached hydrogens (tertiary/aromatic N) is 1. The first-order valence-electron chi connectivity index (χ1n) is 6.42. The van der Waals surface area contributed by atoms with Crippen LogP contribution in [0, 0.1) is 11.8 Å². The molecule has 2 N–H and O–H groups in total. The Bertz CT molecular complexity index is 271. The van der Waals surface area contributed by atoms with Crippen molar-refractivity contribution in [1.82, 2.24) is 4.90 Å². The highest BCUT2D eigenvalue weighted by Crippen LogP contribution is 2.24. The number of rotatable bonds is 1. The van der Waals surface area contributed by atoms with E-state index in [-0.39, 0.29) is 12.1 Å². The van der Waals surface area contributed by atoms with E-state index in [1.807, 2.05) is 27.7 Å². The fourth-order valence-electron chi connectivity index (χ4n) is 2.26. The maximum Gasteiger partial charge on any atom is 0.410 e. The van der Waals surface area contributed by atoms with Gasteiger partial charge in [0.25, 0.3) is 0 Å². The number of piperidine rings is 1. The molecule has 1 saturated heterocycles. The monoisotopic (exact) mass is 242 g/mol. The molecule has 0 saturated carbocycles. The Labute approximate surface area is 104 Å². The molecule has 1 amide bonds. The average molecular weight is 242 g/mol. The predicted molar refractivity (Wildman–Crippen MR) is 68.7 cm³/mol. The van der Waals surface area contributed by atoms with E-state index < -0.39 is 5.60 Å². The minimum absolute atomic E-state index is 0.127. The Balaban J connectivity index is 2.61. The van der Waals surface area contributed by atoms with Crippen LogP contribution in [0.5, 0.6) is 0 Å². The van der Waals surface area contributed by atoms with Crippen molar-refractivity contribution >= 4 is 6.09 Å². The highest BCUT2D eigenvalue weighted by molar-refractivity contribution is 5.68. The fraction of sp³-hybridized carbons (Fsp3) is 0.923. The predicted octanol–water partition coefficient (Wildman–Crippen LogP) is 2.23. The van der Waals surface area contributed by atoms with Gasteiger partial charge in [-0.15, -0.1) is 0 Å². The largest absolute Gasteiger partial charge is 0.444 e. The first kappa shape index (κ1) is 14.3. The van der Waals surface area contributed by atoms with Gasteiger partial charge in [-0.25, -0.2) is 4.79 Å². The zero-order valence-electron chi connectivity index (χ0n) is 11.7. The van der Waals surface area contributed by atoms with Gasteiger partial charge in [0, 0.05) is 19.1 Å². The van der Waals surface area contributed by atoms with E-state index in [1.54, 1.807) is 4.90 Å². The number of carbonyl (C=O) groups is 1. The Kier molecular flexibility index (Phi) is 4.42. The van der Waals surface area contributed by atoms with Crippen LogP contribution in [0.3, 0.4) is 0 Å². The van der Waals surface area contributed by atoms with Crippen LogP contribution in [0.4, 0.5) is 4.79 Å². The Hall–Kier alpha value is -0.770. The smallest absolute Gasteiger partial charge is 0.410 e. The number of hydrogen-bond donors (Lipinski definition) is 1. The van der Waals surface area contributed by atoms with Crippen LogP contribution >= 0.6 is 0 Å². The first-order chi connectivity index (χ1) is 7.69. The van der Waals surface area contributed by atoms with Crippen LogP contribution < -0.4 is 5.73 Å². The van der Waals surface area contributed by atoms with Crippen LogP contribution in [0.25, 0.3) is 0 Å². The van der Waals surface area contributed by atoms with Crippen LogP contribution in [0.1, 0.15) is 41.0 Å².